The van der Waals surface area contributed by atoms with Crippen LogP contribution in [0.3, 0.4) is 0 Å². The minimum absolute atomic E-state index is 0.268. The standard InChI is InChI=1S/C12H17NO2/c1-2-8-3-4-10-9-7-15-13-11(9)5-6-12(8,10)14/h2,8-10,14H,1,3-7H2/t8-,9-,10+,12-/m0/s1. The Morgan fingerprint density at radius 1 is 1.53 bits per heavy atom. The zero-order valence-electron chi connectivity index (χ0n) is 8.85. The average Bonchev–Trinajstić information content (AvgIpc) is 2.79. The van der Waals surface area contributed by atoms with Gasteiger partial charge in [0.05, 0.1) is 11.3 Å². The van der Waals surface area contributed by atoms with E-state index < -0.39 is 5.60 Å². The Morgan fingerprint density at radius 3 is 3.20 bits per heavy atom. The van der Waals surface area contributed by atoms with E-state index in [4.69, 9.17) is 4.84 Å². The van der Waals surface area contributed by atoms with E-state index in [2.05, 4.69) is 11.7 Å². The molecule has 1 heterocycles. The van der Waals surface area contributed by atoms with Crippen LogP contribution in [-0.4, -0.2) is 23.0 Å². The van der Waals surface area contributed by atoms with Crippen molar-refractivity contribution in [1.82, 2.24) is 0 Å². The van der Waals surface area contributed by atoms with Crippen molar-refractivity contribution in [3.63, 3.8) is 0 Å². The third-order valence-corrected chi connectivity index (χ3v) is 4.49. The maximum Gasteiger partial charge on any atom is 0.125 e. The van der Waals surface area contributed by atoms with E-state index in [9.17, 15) is 5.11 Å². The fraction of sp³-hybridized carbons (Fsp3) is 0.750. The van der Waals surface area contributed by atoms with Gasteiger partial charge in [-0.1, -0.05) is 11.2 Å². The summed E-state index contributed by atoms with van der Waals surface area (Å²) in [7, 11) is 0. The molecule has 3 nitrogen and oxygen atoms in total. The molecule has 0 bridgehead atoms. The molecule has 3 heteroatoms. The summed E-state index contributed by atoms with van der Waals surface area (Å²) in [6.07, 6.45) is 5.79. The molecule has 0 unspecified atom stereocenters. The fourth-order valence-electron chi connectivity index (χ4n) is 3.65. The highest BCUT2D eigenvalue weighted by molar-refractivity contribution is 5.88. The van der Waals surface area contributed by atoms with Crippen molar-refractivity contribution < 1.29 is 9.94 Å². The van der Waals surface area contributed by atoms with Gasteiger partial charge in [0, 0.05) is 11.8 Å². The second kappa shape index (κ2) is 3.08. The molecule has 3 rings (SSSR count). The SMILES string of the molecule is C=C[C@H]1CC[C@@H]2[C@@H]3CON=C3CC[C@@]21O. The summed E-state index contributed by atoms with van der Waals surface area (Å²) >= 11 is 0. The molecule has 0 amide bonds. The van der Waals surface area contributed by atoms with Crippen molar-refractivity contribution >= 4 is 5.71 Å². The molecule has 0 saturated heterocycles. The lowest BCUT2D eigenvalue weighted by atomic mass is 9.68. The van der Waals surface area contributed by atoms with Crippen molar-refractivity contribution in [2.75, 3.05) is 6.61 Å². The Morgan fingerprint density at radius 2 is 2.40 bits per heavy atom. The normalized spacial score (nSPS) is 47.8. The lowest BCUT2D eigenvalue weighted by Gasteiger charge is -2.40. The topological polar surface area (TPSA) is 41.8 Å². The molecule has 2 aliphatic carbocycles. The maximum atomic E-state index is 10.7. The third kappa shape index (κ3) is 1.13. The van der Waals surface area contributed by atoms with E-state index >= 15 is 0 Å². The van der Waals surface area contributed by atoms with Gasteiger partial charge in [0.1, 0.15) is 6.61 Å². The van der Waals surface area contributed by atoms with E-state index in [1.807, 2.05) is 6.08 Å². The van der Waals surface area contributed by atoms with Gasteiger partial charge in [0.2, 0.25) is 0 Å². The van der Waals surface area contributed by atoms with Crippen molar-refractivity contribution in [1.29, 1.82) is 0 Å². The number of oxime groups is 1. The molecular formula is C12H17NO2. The molecule has 15 heavy (non-hydrogen) atoms. The van der Waals surface area contributed by atoms with Gasteiger partial charge in [-0.05, 0) is 31.6 Å². The van der Waals surface area contributed by atoms with Crippen LogP contribution in [0.5, 0.6) is 0 Å². The lowest BCUT2D eigenvalue weighted by molar-refractivity contribution is -0.0517. The fourth-order valence-corrected chi connectivity index (χ4v) is 3.65. The number of nitrogens with zero attached hydrogens (tertiary/aromatic N) is 1. The molecule has 0 aromatic rings. The maximum absolute atomic E-state index is 10.7. The highest BCUT2D eigenvalue weighted by atomic mass is 16.6. The number of aliphatic hydroxyl groups is 1. The summed E-state index contributed by atoms with van der Waals surface area (Å²) in [5, 5.41) is 14.8. The first-order valence-electron chi connectivity index (χ1n) is 5.79. The highest BCUT2D eigenvalue weighted by Crippen LogP contribution is 2.52. The van der Waals surface area contributed by atoms with Crippen LogP contribution in [0.4, 0.5) is 0 Å². The number of hydrogen-bond acceptors (Lipinski definition) is 3. The zero-order chi connectivity index (χ0) is 10.5. The molecule has 2 saturated carbocycles. The first-order chi connectivity index (χ1) is 7.25. The van der Waals surface area contributed by atoms with Gasteiger partial charge in [-0.25, -0.2) is 0 Å². The van der Waals surface area contributed by atoms with Crippen molar-refractivity contribution in [2.45, 2.75) is 31.3 Å². The van der Waals surface area contributed by atoms with E-state index in [-0.39, 0.29) is 5.92 Å². The largest absolute Gasteiger partial charge is 0.395 e. The zero-order valence-corrected chi connectivity index (χ0v) is 8.85. The van der Waals surface area contributed by atoms with Crippen molar-refractivity contribution in [3.05, 3.63) is 12.7 Å². The average molecular weight is 207 g/mol. The number of fused-ring (bicyclic) bond motifs is 3. The molecule has 1 aliphatic heterocycles. The van der Waals surface area contributed by atoms with Gasteiger partial charge in [-0.3, -0.25) is 0 Å². The molecule has 0 aromatic heterocycles. The van der Waals surface area contributed by atoms with Gasteiger partial charge < -0.3 is 9.94 Å². The minimum atomic E-state index is -0.529. The summed E-state index contributed by atoms with van der Waals surface area (Å²) in [6.45, 7) is 4.52. The van der Waals surface area contributed by atoms with E-state index in [0.717, 1.165) is 25.7 Å². The second-order valence-corrected chi connectivity index (χ2v) is 5.00. The number of hydrogen-bond donors (Lipinski definition) is 1. The van der Waals surface area contributed by atoms with Crippen LogP contribution < -0.4 is 0 Å². The van der Waals surface area contributed by atoms with Crippen molar-refractivity contribution in [2.24, 2.45) is 22.9 Å². The van der Waals surface area contributed by atoms with E-state index in [1.54, 1.807) is 0 Å². The van der Waals surface area contributed by atoms with Gasteiger partial charge in [0.25, 0.3) is 0 Å². The minimum Gasteiger partial charge on any atom is -0.395 e. The molecule has 1 N–H and O–H groups in total. The third-order valence-electron chi connectivity index (χ3n) is 4.49. The Kier molecular flexibility index (Phi) is 1.93. The Hall–Kier alpha value is -0.830. The summed E-state index contributed by atoms with van der Waals surface area (Å²) in [6, 6.07) is 0. The Balaban J connectivity index is 1.93. The second-order valence-electron chi connectivity index (χ2n) is 5.00. The highest BCUT2D eigenvalue weighted by Gasteiger charge is 2.55. The Bertz CT molecular complexity index is 326. The van der Waals surface area contributed by atoms with Gasteiger partial charge in [-0.2, -0.15) is 0 Å². The quantitative estimate of drug-likeness (QED) is 0.665. The predicted molar refractivity (Wildman–Crippen MR) is 57.5 cm³/mol. The van der Waals surface area contributed by atoms with Crippen LogP contribution in [-0.2, 0) is 4.84 Å². The molecule has 2 fully saturated rings. The molecule has 0 spiro atoms. The van der Waals surface area contributed by atoms with Crippen LogP contribution in [0.2, 0.25) is 0 Å². The van der Waals surface area contributed by atoms with E-state index in [0.29, 0.717) is 18.4 Å². The van der Waals surface area contributed by atoms with Gasteiger partial charge >= 0.3 is 0 Å². The Labute approximate surface area is 89.8 Å². The first-order valence-corrected chi connectivity index (χ1v) is 5.79. The van der Waals surface area contributed by atoms with Gasteiger partial charge in [-0.15, -0.1) is 6.58 Å². The summed E-state index contributed by atoms with van der Waals surface area (Å²) in [5.74, 6) is 0.980. The van der Waals surface area contributed by atoms with Crippen LogP contribution in [0.15, 0.2) is 17.8 Å². The molecule has 0 aromatic carbocycles. The molecule has 0 radical (unpaired) electrons. The van der Waals surface area contributed by atoms with E-state index in [1.165, 1.54) is 5.71 Å². The first kappa shape index (κ1) is 9.40. The lowest BCUT2D eigenvalue weighted by Crippen LogP contribution is -2.48. The van der Waals surface area contributed by atoms with Gasteiger partial charge in [0.15, 0.2) is 0 Å². The predicted octanol–water partition coefficient (Wildman–Crippen LogP) is 1.73. The summed E-state index contributed by atoms with van der Waals surface area (Å²) < 4.78 is 0. The molecule has 82 valence electrons. The molecule has 3 aliphatic rings. The van der Waals surface area contributed by atoms with Crippen LogP contribution in [0, 0.1) is 17.8 Å². The van der Waals surface area contributed by atoms with Crippen LogP contribution >= 0.6 is 0 Å². The summed E-state index contributed by atoms with van der Waals surface area (Å²) in [4.78, 5) is 5.16. The molecule has 4 atom stereocenters. The smallest absolute Gasteiger partial charge is 0.125 e. The van der Waals surface area contributed by atoms with Crippen molar-refractivity contribution in [3.8, 4) is 0 Å². The molecular weight excluding hydrogens is 190 g/mol. The monoisotopic (exact) mass is 207 g/mol. The van der Waals surface area contributed by atoms with Crippen LogP contribution in [0.1, 0.15) is 25.7 Å². The number of rotatable bonds is 1. The van der Waals surface area contributed by atoms with Crippen LogP contribution in [0.25, 0.3) is 0 Å². The summed E-state index contributed by atoms with van der Waals surface area (Å²) in [5.41, 5.74) is 0.647.